The van der Waals surface area contributed by atoms with Crippen molar-refractivity contribution in [1.29, 1.82) is 0 Å². The molecule has 1 heteroatoms. The summed E-state index contributed by atoms with van der Waals surface area (Å²) in [4.78, 5) is 0. The van der Waals surface area contributed by atoms with Crippen molar-refractivity contribution in [2.24, 2.45) is 5.92 Å². The largest absolute Gasteiger partial charge is 0.393 e. The third-order valence-electron chi connectivity index (χ3n) is 3.10. The van der Waals surface area contributed by atoms with Crippen molar-refractivity contribution in [2.45, 2.75) is 84.7 Å². The first-order valence-electron chi connectivity index (χ1n) is 6.84. The second-order valence-corrected chi connectivity index (χ2v) is 5.09. The molecule has 2 atom stereocenters. The Kier molecular flexibility index (Phi) is 10.4. The van der Waals surface area contributed by atoms with Gasteiger partial charge in [-0.1, -0.05) is 65.2 Å². The average Bonchev–Trinajstić information content (AvgIpc) is 2.16. The van der Waals surface area contributed by atoms with E-state index in [1.165, 1.54) is 51.4 Å². The molecule has 0 aliphatic rings. The number of aliphatic hydroxyl groups excluding tert-OH is 1. The Labute approximate surface area is 96.3 Å². The van der Waals surface area contributed by atoms with E-state index >= 15 is 0 Å². The second kappa shape index (κ2) is 10.5. The highest BCUT2D eigenvalue weighted by Crippen LogP contribution is 2.15. The van der Waals surface area contributed by atoms with Crippen molar-refractivity contribution < 1.29 is 5.11 Å². The zero-order valence-corrected chi connectivity index (χ0v) is 11.0. The standard InChI is InChI=1S/C14H30O/c1-4-10-13(2)11-8-6-5-7-9-12-14(3)15/h13-15H,4-12H2,1-3H3. The minimum Gasteiger partial charge on any atom is -0.393 e. The van der Waals surface area contributed by atoms with E-state index in [1.54, 1.807) is 0 Å². The first-order valence-corrected chi connectivity index (χ1v) is 6.84. The van der Waals surface area contributed by atoms with Crippen LogP contribution in [0.25, 0.3) is 0 Å². The Morgan fingerprint density at radius 1 is 0.800 bits per heavy atom. The number of hydrogen-bond acceptors (Lipinski definition) is 1. The summed E-state index contributed by atoms with van der Waals surface area (Å²) in [6, 6.07) is 0. The molecule has 0 heterocycles. The normalized spacial score (nSPS) is 15.2. The molecule has 92 valence electrons. The maximum Gasteiger partial charge on any atom is 0.0512 e. The summed E-state index contributed by atoms with van der Waals surface area (Å²) in [5, 5.41) is 9.09. The van der Waals surface area contributed by atoms with E-state index in [0.717, 1.165) is 12.3 Å². The number of unbranched alkanes of at least 4 members (excludes halogenated alkanes) is 4. The van der Waals surface area contributed by atoms with Gasteiger partial charge in [-0.3, -0.25) is 0 Å². The topological polar surface area (TPSA) is 20.2 Å². The van der Waals surface area contributed by atoms with E-state index in [2.05, 4.69) is 13.8 Å². The monoisotopic (exact) mass is 214 g/mol. The van der Waals surface area contributed by atoms with Crippen LogP contribution in [0.1, 0.15) is 78.6 Å². The van der Waals surface area contributed by atoms with Crippen LogP contribution in [0.15, 0.2) is 0 Å². The lowest BCUT2D eigenvalue weighted by molar-refractivity contribution is 0.180. The Bertz CT molecular complexity index is 121. The van der Waals surface area contributed by atoms with Gasteiger partial charge in [0.2, 0.25) is 0 Å². The summed E-state index contributed by atoms with van der Waals surface area (Å²) in [7, 11) is 0. The minimum absolute atomic E-state index is 0.102. The molecule has 0 aliphatic carbocycles. The van der Waals surface area contributed by atoms with Gasteiger partial charge in [-0.2, -0.15) is 0 Å². The van der Waals surface area contributed by atoms with Gasteiger partial charge in [0.15, 0.2) is 0 Å². The van der Waals surface area contributed by atoms with Gasteiger partial charge >= 0.3 is 0 Å². The van der Waals surface area contributed by atoms with Gasteiger partial charge in [-0.05, 0) is 19.3 Å². The van der Waals surface area contributed by atoms with E-state index in [0.29, 0.717) is 0 Å². The molecular formula is C14H30O. The lowest BCUT2D eigenvalue weighted by Crippen LogP contribution is -1.98. The second-order valence-electron chi connectivity index (χ2n) is 5.09. The predicted molar refractivity (Wildman–Crippen MR) is 68.1 cm³/mol. The quantitative estimate of drug-likeness (QED) is 0.530. The lowest BCUT2D eigenvalue weighted by atomic mass is 9.98. The molecule has 1 nitrogen and oxygen atoms in total. The van der Waals surface area contributed by atoms with Crippen LogP contribution in [-0.4, -0.2) is 11.2 Å². The van der Waals surface area contributed by atoms with E-state index in [4.69, 9.17) is 5.11 Å². The maximum atomic E-state index is 9.09. The molecule has 0 radical (unpaired) electrons. The average molecular weight is 214 g/mol. The molecule has 15 heavy (non-hydrogen) atoms. The molecule has 0 aromatic heterocycles. The van der Waals surface area contributed by atoms with Crippen molar-refractivity contribution >= 4 is 0 Å². The molecular weight excluding hydrogens is 184 g/mol. The molecule has 2 unspecified atom stereocenters. The van der Waals surface area contributed by atoms with Crippen molar-refractivity contribution in [2.75, 3.05) is 0 Å². The highest BCUT2D eigenvalue weighted by molar-refractivity contribution is 4.54. The SMILES string of the molecule is CCCC(C)CCCCCCCC(C)O. The van der Waals surface area contributed by atoms with Crippen LogP contribution in [0.4, 0.5) is 0 Å². The number of rotatable bonds is 10. The fourth-order valence-electron chi connectivity index (χ4n) is 2.10. The third kappa shape index (κ3) is 11.9. The van der Waals surface area contributed by atoms with E-state index in [-0.39, 0.29) is 6.10 Å². The van der Waals surface area contributed by atoms with Crippen LogP contribution in [0.5, 0.6) is 0 Å². The molecule has 0 aliphatic heterocycles. The minimum atomic E-state index is -0.102. The van der Waals surface area contributed by atoms with Crippen LogP contribution >= 0.6 is 0 Å². The molecule has 0 bridgehead atoms. The third-order valence-corrected chi connectivity index (χ3v) is 3.10. The van der Waals surface area contributed by atoms with Crippen LogP contribution < -0.4 is 0 Å². The van der Waals surface area contributed by atoms with Crippen molar-refractivity contribution in [1.82, 2.24) is 0 Å². The summed E-state index contributed by atoms with van der Waals surface area (Å²) in [6.45, 7) is 6.52. The Morgan fingerprint density at radius 3 is 1.87 bits per heavy atom. The van der Waals surface area contributed by atoms with Gasteiger partial charge in [0, 0.05) is 0 Å². The predicted octanol–water partition coefficient (Wildman–Crippen LogP) is 4.53. The van der Waals surface area contributed by atoms with Crippen molar-refractivity contribution in [3.8, 4) is 0 Å². The van der Waals surface area contributed by atoms with Gasteiger partial charge in [-0.25, -0.2) is 0 Å². The van der Waals surface area contributed by atoms with Crippen molar-refractivity contribution in [3.05, 3.63) is 0 Å². The molecule has 0 rings (SSSR count). The highest BCUT2D eigenvalue weighted by Gasteiger charge is 2.00. The summed E-state index contributed by atoms with van der Waals surface area (Å²) in [5.74, 6) is 0.924. The first kappa shape index (κ1) is 15.0. The van der Waals surface area contributed by atoms with Gasteiger partial charge < -0.3 is 5.11 Å². The summed E-state index contributed by atoms with van der Waals surface area (Å²) in [5.41, 5.74) is 0. The van der Waals surface area contributed by atoms with Gasteiger partial charge in [0.05, 0.1) is 6.10 Å². The van der Waals surface area contributed by atoms with E-state index < -0.39 is 0 Å². The van der Waals surface area contributed by atoms with Crippen LogP contribution in [0.2, 0.25) is 0 Å². The first-order chi connectivity index (χ1) is 7.16. The number of aliphatic hydroxyl groups is 1. The summed E-state index contributed by atoms with van der Waals surface area (Å²) in [6.07, 6.45) is 11.6. The van der Waals surface area contributed by atoms with Crippen molar-refractivity contribution in [3.63, 3.8) is 0 Å². The fraction of sp³-hybridized carbons (Fsp3) is 1.00. The smallest absolute Gasteiger partial charge is 0.0512 e. The molecule has 1 N–H and O–H groups in total. The molecule has 0 saturated carbocycles. The Hall–Kier alpha value is -0.0400. The molecule has 0 aromatic rings. The van der Waals surface area contributed by atoms with Gasteiger partial charge in [-0.15, -0.1) is 0 Å². The Morgan fingerprint density at radius 2 is 1.33 bits per heavy atom. The highest BCUT2D eigenvalue weighted by atomic mass is 16.3. The summed E-state index contributed by atoms with van der Waals surface area (Å²) >= 11 is 0. The van der Waals surface area contributed by atoms with E-state index in [1.807, 2.05) is 6.92 Å². The van der Waals surface area contributed by atoms with Gasteiger partial charge in [0.1, 0.15) is 0 Å². The van der Waals surface area contributed by atoms with E-state index in [9.17, 15) is 0 Å². The van der Waals surface area contributed by atoms with Gasteiger partial charge in [0.25, 0.3) is 0 Å². The van der Waals surface area contributed by atoms with Crippen LogP contribution in [0, 0.1) is 5.92 Å². The zero-order valence-electron chi connectivity index (χ0n) is 11.0. The van der Waals surface area contributed by atoms with Crippen LogP contribution in [-0.2, 0) is 0 Å². The zero-order chi connectivity index (χ0) is 11.5. The Balaban J connectivity index is 3.04. The maximum absolute atomic E-state index is 9.09. The molecule has 0 saturated heterocycles. The summed E-state index contributed by atoms with van der Waals surface area (Å²) < 4.78 is 0. The molecule has 0 spiro atoms. The van der Waals surface area contributed by atoms with Crippen LogP contribution in [0.3, 0.4) is 0 Å². The molecule has 0 amide bonds. The lowest BCUT2D eigenvalue weighted by Gasteiger charge is -2.09. The fourth-order valence-corrected chi connectivity index (χ4v) is 2.10. The molecule has 0 aromatic carbocycles. The number of hydrogen-bond donors (Lipinski definition) is 1. The molecule has 0 fully saturated rings.